The van der Waals surface area contributed by atoms with Crippen molar-refractivity contribution in [2.75, 3.05) is 44.4 Å². The van der Waals surface area contributed by atoms with E-state index in [-0.39, 0.29) is 25.0 Å². The minimum absolute atomic E-state index is 0.0551. The van der Waals surface area contributed by atoms with E-state index < -0.39 is 0 Å². The first-order valence-electron chi connectivity index (χ1n) is 10.2. The number of hydrogen-bond donors (Lipinski definition) is 1. The number of amides is 2. The van der Waals surface area contributed by atoms with Crippen LogP contribution in [0.2, 0.25) is 5.02 Å². The Bertz CT molecular complexity index is 972. The van der Waals surface area contributed by atoms with Crippen molar-refractivity contribution in [3.8, 4) is 11.5 Å². The van der Waals surface area contributed by atoms with Crippen LogP contribution < -0.4 is 19.7 Å². The maximum atomic E-state index is 12.4. The number of ether oxygens (including phenoxy) is 2. The van der Waals surface area contributed by atoms with Gasteiger partial charge in [-0.1, -0.05) is 29.8 Å². The third-order valence-corrected chi connectivity index (χ3v) is 5.55. The van der Waals surface area contributed by atoms with E-state index in [1.165, 1.54) is 11.8 Å². The number of nitrogens with zero attached hydrogens (tertiary/aromatic N) is 2. The second kappa shape index (κ2) is 9.75. The molecule has 0 bridgehead atoms. The SMILES string of the molecule is O=C(/C=C/c1cc(Cl)c2c(c1)OCO2)NCCC(=O)N1CCN(c2ccccc2)CC1. The van der Waals surface area contributed by atoms with Crippen LogP contribution in [0, 0.1) is 0 Å². The molecule has 8 heteroatoms. The molecule has 31 heavy (non-hydrogen) atoms. The Balaban J connectivity index is 1.19. The molecule has 7 nitrogen and oxygen atoms in total. The average molecular weight is 442 g/mol. The van der Waals surface area contributed by atoms with Crippen molar-refractivity contribution in [3.05, 3.63) is 59.1 Å². The zero-order valence-corrected chi connectivity index (χ0v) is 17.8. The summed E-state index contributed by atoms with van der Waals surface area (Å²) in [4.78, 5) is 28.7. The fourth-order valence-corrected chi connectivity index (χ4v) is 3.89. The molecule has 2 aromatic rings. The van der Waals surface area contributed by atoms with Gasteiger partial charge in [-0.15, -0.1) is 0 Å². The maximum absolute atomic E-state index is 12.4. The molecule has 1 fully saturated rings. The van der Waals surface area contributed by atoms with Crippen molar-refractivity contribution in [3.63, 3.8) is 0 Å². The van der Waals surface area contributed by atoms with E-state index in [0.717, 1.165) is 18.7 Å². The number of carbonyl (C=O) groups excluding carboxylic acids is 2. The Hall–Kier alpha value is -3.19. The van der Waals surface area contributed by atoms with Crippen molar-refractivity contribution in [1.82, 2.24) is 10.2 Å². The molecule has 0 aromatic heterocycles. The second-order valence-electron chi connectivity index (χ2n) is 7.31. The molecule has 0 radical (unpaired) electrons. The smallest absolute Gasteiger partial charge is 0.244 e. The molecule has 0 unspecified atom stereocenters. The molecule has 162 valence electrons. The molecule has 0 atom stereocenters. The Morgan fingerprint density at radius 1 is 1.06 bits per heavy atom. The number of benzene rings is 2. The third kappa shape index (κ3) is 5.30. The molecule has 0 spiro atoms. The summed E-state index contributed by atoms with van der Waals surface area (Å²) in [6, 6.07) is 13.7. The van der Waals surface area contributed by atoms with Gasteiger partial charge in [-0.2, -0.15) is 0 Å². The number of halogens is 1. The van der Waals surface area contributed by atoms with Crippen molar-refractivity contribution in [1.29, 1.82) is 0 Å². The Morgan fingerprint density at radius 3 is 2.61 bits per heavy atom. The second-order valence-corrected chi connectivity index (χ2v) is 7.72. The number of rotatable bonds is 6. The van der Waals surface area contributed by atoms with E-state index in [1.807, 2.05) is 23.1 Å². The van der Waals surface area contributed by atoms with Gasteiger partial charge in [-0.25, -0.2) is 0 Å². The molecular weight excluding hydrogens is 418 g/mol. The Morgan fingerprint density at radius 2 is 1.84 bits per heavy atom. The maximum Gasteiger partial charge on any atom is 0.244 e. The minimum Gasteiger partial charge on any atom is -0.454 e. The van der Waals surface area contributed by atoms with E-state index >= 15 is 0 Å². The largest absolute Gasteiger partial charge is 0.454 e. The summed E-state index contributed by atoms with van der Waals surface area (Å²) >= 11 is 6.14. The van der Waals surface area contributed by atoms with Gasteiger partial charge in [0.05, 0.1) is 5.02 Å². The van der Waals surface area contributed by atoms with E-state index in [9.17, 15) is 9.59 Å². The summed E-state index contributed by atoms with van der Waals surface area (Å²) in [5, 5.41) is 3.19. The van der Waals surface area contributed by atoms with Crippen LogP contribution in [0.1, 0.15) is 12.0 Å². The van der Waals surface area contributed by atoms with Gasteiger partial charge in [-0.3, -0.25) is 9.59 Å². The van der Waals surface area contributed by atoms with Gasteiger partial charge < -0.3 is 24.6 Å². The lowest BCUT2D eigenvalue weighted by atomic mass is 10.2. The van der Waals surface area contributed by atoms with Gasteiger partial charge >= 0.3 is 0 Å². The fourth-order valence-electron chi connectivity index (χ4n) is 3.62. The van der Waals surface area contributed by atoms with Crippen LogP contribution in [0.5, 0.6) is 11.5 Å². The first kappa shape index (κ1) is 21.1. The predicted octanol–water partition coefficient (Wildman–Crippen LogP) is 2.94. The average Bonchev–Trinajstić information content (AvgIpc) is 3.28. The lowest BCUT2D eigenvalue weighted by Gasteiger charge is -2.36. The summed E-state index contributed by atoms with van der Waals surface area (Å²) in [5.41, 5.74) is 1.91. The lowest BCUT2D eigenvalue weighted by molar-refractivity contribution is -0.131. The third-order valence-electron chi connectivity index (χ3n) is 5.27. The zero-order chi connectivity index (χ0) is 21.6. The zero-order valence-electron chi connectivity index (χ0n) is 17.1. The molecule has 4 rings (SSSR count). The summed E-state index contributed by atoms with van der Waals surface area (Å²) in [6.07, 6.45) is 3.34. The highest BCUT2D eigenvalue weighted by Crippen LogP contribution is 2.40. The van der Waals surface area contributed by atoms with Crippen molar-refractivity contribution >= 4 is 35.2 Å². The molecule has 1 N–H and O–H groups in total. The summed E-state index contributed by atoms with van der Waals surface area (Å²) in [5.74, 6) is 0.868. The molecule has 2 aliphatic heterocycles. The topological polar surface area (TPSA) is 71.1 Å². The van der Waals surface area contributed by atoms with Crippen LogP contribution in [0.4, 0.5) is 5.69 Å². The van der Waals surface area contributed by atoms with Gasteiger partial charge in [0.1, 0.15) is 0 Å². The molecule has 1 saturated heterocycles. The molecule has 2 amide bonds. The molecular formula is C23H24ClN3O4. The van der Waals surface area contributed by atoms with Gasteiger partial charge in [-0.05, 0) is 35.9 Å². The van der Waals surface area contributed by atoms with Crippen LogP contribution in [0.25, 0.3) is 6.08 Å². The number of fused-ring (bicyclic) bond motifs is 1. The summed E-state index contributed by atoms with van der Waals surface area (Å²) in [6.45, 7) is 3.42. The number of piperazine rings is 1. The molecule has 0 saturated carbocycles. The standard InChI is InChI=1S/C23H24ClN3O4/c24-19-14-17(15-20-23(19)31-16-30-20)6-7-21(28)25-9-8-22(29)27-12-10-26(11-13-27)18-4-2-1-3-5-18/h1-7,14-15H,8-13,16H2,(H,25,28)/b7-6+. The minimum atomic E-state index is -0.268. The van der Waals surface area contributed by atoms with Gasteiger partial charge in [0.25, 0.3) is 0 Å². The number of para-hydroxylation sites is 1. The predicted molar refractivity (Wildman–Crippen MR) is 119 cm³/mol. The van der Waals surface area contributed by atoms with E-state index in [0.29, 0.717) is 36.2 Å². The van der Waals surface area contributed by atoms with Crippen molar-refractivity contribution in [2.24, 2.45) is 0 Å². The van der Waals surface area contributed by atoms with Crippen LogP contribution >= 0.6 is 11.6 Å². The monoisotopic (exact) mass is 441 g/mol. The summed E-state index contributed by atoms with van der Waals surface area (Å²) < 4.78 is 10.6. The van der Waals surface area contributed by atoms with Gasteiger partial charge in [0, 0.05) is 50.9 Å². The van der Waals surface area contributed by atoms with Crippen LogP contribution in [-0.2, 0) is 9.59 Å². The van der Waals surface area contributed by atoms with E-state index in [1.54, 1.807) is 18.2 Å². The highest BCUT2D eigenvalue weighted by Gasteiger charge is 2.21. The Kier molecular flexibility index (Phi) is 6.62. The number of carbonyl (C=O) groups is 2. The van der Waals surface area contributed by atoms with Gasteiger partial charge in [0.2, 0.25) is 18.6 Å². The first-order valence-corrected chi connectivity index (χ1v) is 10.6. The lowest BCUT2D eigenvalue weighted by Crippen LogP contribution is -2.49. The van der Waals surface area contributed by atoms with E-state index in [2.05, 4.69) is 22.3 Å². The van der Waals surface area contributed by atoms with Crippen LogP contribution in [0.15, 0.2) is 48.5 Å². The van der Waals surface area contributed by atoms with Crippen molar-refractivity contribution in [2.45, 2.75) is 6.42 Å². The van der Waals surface area contributed by atoms with Crippen LogP contribution in [0.3, 0.4) is 0 Å². The van der Waals surface area contributed by atoms with Crippen LogP contribution in [-0.4, -0.2) is 56.2 Å². The van der Waals surface area contributed by atoms with Crippen molar-refractivity contribution < 1.29 is 19.1 Å². The molecule has 2 aliphatic rings. The highest BCUT2D eigenvalue weighted by molar-refractivity contribution is 6.32. The molecule has 0 aliphatic carbocycles. The Labute approximate surface area is 186 Å². The highest BCUT2D eigenvalue weighted by atomic mass is 35.5. The first-order chi connectivity index (χ1) is 15.1. The fraction of sp³-hybridized carbons (Fsp3) is 0.304. The normalized spacial score (nSPS) is 15.4. The number of nitrogens with one attached hydrogen (secondary N) is 1. The quantitative estimate of drug-likeness (QED) is 0.698. The van der Waals surface area contributed by atoms with Gasteiger partial charge in [0.15, 0.2) is 11.5 Å². The molecule has 2 aromatic carbocycles. The number of hydrogen-bond acceptors (Lipinski definition) is 5. The molecule has 2 heterocycles. The number of anilines is 1. The van der Waals surface area contributed by atoms with E-state index in [4.69, 9.17) is 21.1 Å². The summed E-state index contributed by atoms with van der Waals surface area (Å²) in [7, 11) is 0.